The van der Waals surface area contributed by atoms with Crippen molar-refractivity contribution in [3.05, 3.63) is 34.9 Å². The monoisotopic (exact) mass is 514 g/mol. The number of carbonyl (C=O) groups is 3. The van der Waals surface area contributed by atoms with Gasteiger partial charge >= 0.3 is 30.5 Å². The van der Waals surface area contributed by atoms with Crippen molar-refractivity contribution < 1.29 is 55.7 Å². The number of benzene rings is 1. The molecule has 1 aliphatic rings. The van der Waals surface area contributed by atoms with Gasteiger partial charge < -0.3 is 24.7 Å². The molecular weight excluding hydrogens is 490 g/mol. The van der Waals surface area contributed by atoms with Gasteiger partial charge in [-0.15, -0.1) is 0 Å². The van der Waals surface area contributed by atoms with Crippen LogP contribution in [0.2, 0.25) is 0 Å². The van der Waals surface area contributed by atoms with E-state index in [1.807, 2.05) is 0 Å². The van der Waals surface area contributed by atoms with Crippen molar-refractivity contribution in [1.82, 2.24) is 9.80 Å². The summed E-state index contributed by atoms with van der Waals surface area (Å²) in [6, 6.07) is -1.78. The zero-order chi connectivity index (χ0) is 26.7. The number of aliphatic carboxylic acids is 1. The third-order valence-electron chi connectivity index (χ3n) is 5.83. The number of carbonyl (C=O) groups excluding carboxylic acids is 1. The molecule has 3 atom stereocenters. The molecule has 1 saturated heterocycles. The van der Waals surface area contributed by atoms with E-state index < -0.39 is 78.3 Å². The van der Waals surface area contributed by atoms with Crippen LogP contribution < -0.4 is 0 Å². The second kappa shape index (κ2) is 10.6. The molecule has 0 radical (unpaired) electrons. The van der Waals surface area contributed by atoms with E-state index in [1.165, 1.54) is 0 Å². The number of amides is 2. The first kappa shape index (κ1) is 28.1. The van der Waals surface area contributed by atoms with Crippen LogP contribution in [0, 0.1) is 0 Å². The van der Waals surface area contributed by atoms with Gasteiger partial charge in [0.2, 0.25) is 0 Å². The number of rotatable bonds is 6. The van der Waals surface area contributed by atoms with Crippen LogP contribution >= 0.6 is 0 Å². The molecule has 8 nitrogen and oxygen atoms in total. The molecule has 0 aliphatic carbocycles. The fourth-order valence-corrected chi connectivity index (χ4v) is 4.33. The normalized spacial score (nSPS) is 20.9. The molecule has 0 aromatic heterocycles. The van der Waals surface area contributed by atoms with Gasteiger partial charge in [0.05, 0.1) is 24.7 Å². The molecule has 2 rings (SSSR count). The standard InChI is InChI=1S/C21H24F6N2O6/c1-3-14-7-15(8-16(9-17(30)31)29(14)18(32)33)28(19(34)35-2)10-11-4-12(20(22,23)24)6-13(5-11)21(25,26)27/h4-6,14-16H,3,7-10H2,1-2H3,(H,30,31)(H,32,33). The van der Waals surface area contributed by atoms with Crippen molar-refractivity contribution in [1.29, 1.82) is 0 Å². The van der Waals surface area contributed by atoms with Gasteiger partial charge in [-0.25, -0.2) is 9.59 Å². The highest BCUT2D eigenvalue weighted by atomic mass is 19.4. The summed E-state index contributed by atoms with van der Waals surface area (Å²) >= 11 is 0. The van der Waals surface area contributed by atoms with Gasteiger partial charge in [0.1, 0.15) is 0 Å². The molecule has 0 saturated carbocycles. The van der Waals surface area contributed by atoms with Crippen molar-refractivity contribution in [3.63, 3.8) is 0 Å². The molecule has 1 aromatic rings. The number of hydrogen-bond donors (Lipinski definition) is 2. The molecule has 3 unspecified atom stereocenters. The number of hydrogen-bond acceptors (Lipinski definition) is 4. The number of carboxylic acid groups (broad SMARTS) is 2. The maximum Gasteiger partial charge on any atom is 0.416 e. The molecule has 1 aliphatic heterocycles. The van der Waals surface area contributed by atoms with E-state index in [-0.39, 0.29) is 25.3 Å². The van der Waals surface area contributed by atoms with Crippen LogP contribution in [-0.4, -0.2) is 63.4 Å². The molecule has 196 valence electrons. The number of ether oxygens (including phenoxy) is 1. The van der Waals surface area contributed by atoms with E-state index in [1.54, 1.807) is 6.92 Å². The smallest absolute Gasteiger partial charge is 0.416 e. The SMILES string of the molecule is CCC1CC(N(Cc2cc(C(F)(F)F)cc(C(F)(F)F)c2)C(=O)OC)CC(CC(=O)O)N1C(=O)O. The van der Waals surface area contributed by atoms with Crippen LogP contribution in [0.15, 0.2) is 18.2 Å². The van der Waals surface area contributed by atoms with Crippen LogP contribution in [0.1, 0.15) is 49.3 Å². The summed E-state index contributed by atoms with van der Waals surface area (Å²) < 4.78 is 84.2. The first-order valence-electron chi connectivity index (χ1n) is 10.4. The van der Waals surface area contributed by atoms with Gasteiger partial charge in [-0.3, -0.25) is 4.79 Å². The molecule has 1 fully saturated rings. The minimum atomic E-state index is -5.08. The van der Waals surface area contributed by atoms with Gasteiger partial charge in [0.15, 0.2) is 0 Å². The van der Waals surface area contributed by atoms with Gasteiger partial charge in [-0.2, -0.15) is 26.3 Å². The van der Waals surface area contributed by atoms with Crippen molar-refractivity contribution in [3.8, 4) is 0 Å². The first-order valence-corrected chi connectivity index (χ1v) is 10.4. The molecule has 1 heterocycles. The van der Waals surface area contributed by atoms with Crippen LogP contribution in [0.5, 0.6) is 0 Å². The minimum Gasteiger partial charge on any atom is -0.481 e. The number of nitrogens with zero attached hydrogens (tertiary/aromatic N) is 2. The molecule has 14 heteroatoms. The lowest BCUT2D eigenvalue weighted by Crippen LogP contribution is -2.57. The van der Waals surface area contributed by atoms with Gasteiger partial charge in [-0.05, 0) is 43.0 Å². The minimum absolute atomic E-state index is 0.0148. The zero-order valence-corrected chi connectivity index (χ0v) is 18.7. The van der Waals surface area contributed by atoms with E-state index in [9.17, 15) is 50.9 Å². The molecule has 35 heavy (non-hydrogen) atoms. The van der Waals surface area contributed by atoms with Gasteiger partial charge in [0.25, 0.3) is 0 Å². The summed E-state index contributed by atoms with van der Waals surface area (Å²) in [6.07, 6.45) is -13.2. The number of carboxylic acids is 1. The van der Waals surface area contributed by atoms with E-state index in [0.29, 0.717) is 12.1 Å². The van der Waals surface area contributed by atoms with Crippen LogP contribution in [0.25, 0.3) is 0 Å². The maximum absolute atomic E-state index is 13.3. The van der Waals surface area contributed by atoms with E-state index >= 15 is 0 Å². The maximum atomic E-state index is 13.3. The van der Waals surface area contributed by atoms with Crippen LogP contribution in [0.3, 0.4) is 0 Å². The Morgan fingerprint density at radius 3 is 1.91 bits per heavy atom. The number of halogens is 6. The molecular formula is C21H24F6N2O6. The topological polar surface area (TPSA) is 107 Å². The fraction of sp³-hybridized carbons (Fsp3) is 0.571. The predicted octanol–water partition coefficient (Wildman–Crippen LogP) is 5.06. The lowest BCUT2D eigenvalue weighted by Gasteiger charge is -2.46. The molecule has 1 aromatic carbocycles. The Morgan fingerprint density at radius 2 is 1.51 bits per heavy atom. The van der Waals surface area contributed by atoms with Gasteiger partial charge in [-0.1, -0.05) is 6.92 Å². The van der Waals surface area contributed by atoms with E-state index in [2.05, 4.69) is 4.74 Å². The molecule has 0 bridgehead atoms. The summed E-state index contributed by atoms with van der Waals surface area (Å²) in [5.74, 6) is -1.31. The predicted molar refractivity (Wildman–Crippen MR) is 107 cm³/mol. The Labute approximate surface area is 196 Å². The Bertz CT molecular complexity index is 919. The Balaban J connectivity index is 2.50. The third kappa shape index (κ3) is 6.92. The molecule has 0 spiro atoms. The van der Waals surface area contributed by atoms with Crippen molar-refractivity contribution >= 4 is 18.2 Å². The highest BCUT2D eigenvalue weighted by Gasteiger charge is 2.43. The van der Waals surface area contributed by atoms with Crippen molar-refractivity contribution in [2.75, 3.05) is 7.11 Å². The summed E-state index contributed by atoms with van der Waals surface area (Å²) in [6.45, 7) is 0.930. The van der Waals surface area contributed by atoms with Crippen molar-refractivity contribution in [2.24, 2.45) is 0 Å². The van der Waals surface area contributed by atoms with E-state index in [4.69, 9.17) is 0 Å². The second-order valence-corrected chi connectivity index (χ2v) is 8.14. The summed E-state index contributed by atoms with van der Waals surface area (Å²) in [7, 11) is 0.973. The highest BCUT2D eigenvalue weighted by molar-refractivity contribution is 5.71. The second-order valence-electron chi connectivity index (χ2n) is 8.14. The molecule has 2 amide bonds. The van der Waals surface area contributed by atoms with Crippen LogP contribution in [0.4, 0.5) is 35.9 Å². The number of piperidine rings is 1. The Kier molecular flexibility index (Phi) is 8.50. The number of alkyl halides is 6. The summed E-state index contributed by atoms with van der Waals surface area (Å²) in [5.41, 5.74) is -3.58. The average molecular weight is 514 g/mol. The third-order valence-corrected chi connectivity index (χ3v) is 5.83. The largest absolute Gasteiger partial charge is 0.481 e. The molecule has 2 N–H and O–H groups in total. The number of likely N-dealkylation sites (tertiary alicyclic amines) is 1. The lowest BCUT2D eigenvalue weighted by atomic mass is 9.87. The van der Waals surface area contributed by atoms with Crippen LogP contribution in [-0.2, 0) is 28.4 Å². The highest BCUT2D eigenvalue weighted by Crippen LogP contribution is 2.37. The Hall–Kier alpha value is -3.19. The zero-order valence-electron chi connectivity index (χ0n) is 18.7. The fourth-order valence-electron chi connectivity index (χ4n) is 4.33. The first-order chi connectivity index (χ1) is 16.1. The summed E-state index contributed by atoms with van der Waals surface area (Å²) in [4.78, 5) is 37.5. The quantitative estimate of drug-likeness (QED) is 0.514. The van der Waals surface area contributed by atoms with Crippen molar-refractivity contribution in [2.45, 2.75) is 69.6 Å². The van der Waals surface area contributed by atoms with E-state index in [0.717, 1.165) is 16.9 Å². The average Bonchev–Trinajstić information content (AvgIpc) is 2.74. The van der Waals surface area contributed by atoms with Gasteiger partial charge in [0, 0.05) is 24.7 Å². The lowest BCUT2D eigenvalue weighted by molar-refractivity contribution is -0.143. The Morgan fingerprint density at radius 1 is 1.00 bits per heavy atom. The summed E-state index contributed by atoms with van der Waals surface area (Å²) in [5, 5.41) is 18.8. The number of methoxy groups -OCH3 is 1.